The average Bonchev–Trinajstić information content (AvgIpc) is 2.77. The van der Waals surface area contributed by atoms with Crippen molar-refractivity contribution >= 4 is 34.7 Å². The molecule has 0 saturated heterocycles. The topological polar surface area (TPSA) is 48.6 Å². The van der Waals surface area contributed by atoms with E-state index in [0.717, 1.165) is 40.5 Å². The lowest BCUT2D eigenvalue weighted by Crippen LogP contribution is -2.14. The van der Waals surface area contributed by atoms with Crippen LogP contribution in [-0.2, 0) is 5.41 Å². The molecule has 0 aliphatic heterocycles. The maximum Gasteiger partial charge on any atom is 0.166 e. The van der Waals surface area contributed by atoms with E-state index in [2.05, 4.69) is 98.3 Å². The zero-order chi connectivity index (χ0) is 24.6. The van der Waals surface area contributed by atoms with E-state index in [1.165, 1.54) is 11.1 Å². The highest BCUT2D eigenvalue weighted by Gasteiger charge is 2.20. The normalized spacial score (nSPS) is 12.1. The fraction of sp³-hybridized carbons (Fsp3) is 0.407. The average molecular weight is 469 g/mol. The van der Waals surface area contributed by atoms with Crippen molar-refractivity contribution in [2.24, 2.45) is 0 Å². The molecular formula is C27H40N4OS. The molecule has 180 valence electrons. The maximum absolute atomic E-state index is 5.85. The van der Waals surface area contributed by atoms with E-state index >= 15 is 0 Å². The summed E-state index contributed by atoms with van der Waals surface area (Å²) < 4.78 is 9.24. The van der Waals surface area contributed by atoms with Gasteiger partial charge < -0.3 is 25.0 Å². The third-order valence-corrected chi connectivity index (χ3v) is 5.84. The van der Waals surface area contributed by atoms with Crippen molar-refractivity contribution in [3.8, 4) is 5.75 Å². The molecule has 0 aliphatic rings. The molecule has 2 aromatic rings. The Morgan fingerprint density at radius 1 is 1.15 bits per heavy atom. The second-order valence-electron chi connectivity index (χ2n) is 9.03. The molecule has 5 nitrogen and oxygen atoms in total. The summed E-state index contributed by atoms with van der Waals surface area (Å²) in [5.74, 6) is 0.806. The summed E-state index contributed by atoms with van der Waals surface area (Å²) in [4.78, 5) is 2.13. The molecule has 0 radical (unpaired) electrons. The van der Waals surface area contributed by atoms with Crippen molar-refractivity contribution in [2.45, 2.75) is 46.5 Å². The van der Waals surface area contributed by atoms with Gasteiger partial charge in [0.2, 0.25) is 0 Å². The Morgan fingerprint density at radius 2 is 1.85 bits per heavy atom. The van der Waals surface area contributed by atoms with Crippen LogP contribution in [0.5, 0.6) is 5.75 Å². The van der Waals surface area contributed by atoms with E-state index in [0.29, 0.717) is 0 Å². The van der Waals surface area contributed by atoms with Crippen molar-refractivity contribution in [3.05, 3.63) is 65.5 Å². The zero-order valence-electron chi connectivity index (χ0n) is 21.6. The number of hydrogen-bond acceptors (Lipinski definition) is 6. The summed E-state index contributed by atoms with van der Waals surface area (Å²) in [7, 11) is 5.69. The predicted octanol–water partition coefficient (Wildman–Crippen LogP) is 6.98. The fourth-order valence-corrected chi connectivity index (χ4v) is 3.95. The van der Waals surface area contributed by atoms with Gasteiger partial charge in [0.1, 0.15) is 0 Å². The number of aryl methyl sites for hydroxylation is 1. The first-order valence-corrected chi connectivity index (χ1v) is 12.5. The molecule has 0 atom stereocenters. The molecular weight excluding hydrogens is 428 g/mol. The maximum atomic E-state index is 5.85. The number of nitrogens with one attached hydrogen (secondary N) is 3. The molecule has 2 rings (SSSR count). The van der Waals surface area contributed by atoms with Gasteiger partial charge >= 0.3 is 0 Å². The molecule has 0 fully saturated rings. The highest BCUT2D eigenvalue weighted by Crippen LogP contribution is 2.41. The Hall–Kier alpha value is -2.73. The molecule has 0 heterocycles. The molecule has 0 amide bonds. The molecule has 2 aromatic carbocycles. The van der Waals surface area contributed by atoms with Gasteiger partial charge in [0.05, 0.1) is 18.5 Å². The van der Waals surface area contributed by atoms with Crippen molar-refractivity contribution in [3.63, 3.8) is 0 Å². The van der Waals surface area contributed by atoms with E-state index < -0.39 is 0 Å². The standard InChI is InChI=1S/C27H40N4OS/c1-10-11-22(20-13-12-19(2)25(16-20)31(7)15-14-28-6)29-23-17-21(27(3,4)5)18-24(30-33-9)26(23)32-8/h11-18,28-30H,10H2,1-9H3/b15-14-,22-11-. The molecule has 0 spiro atoms. The van der Waals surface area contributed by atoms with Gasteiger partial charge in [0.25, 0.3) is 0 Å². The third-order valence-electron chi connectivity index (χ3n) is 5.41. The summed E-state index contributed by atoms with van der Waals surface area (Å²) in [6.07, 6.45) is 9.11. The van der Waals surface area contributed by atoms with Gasteiger partial charge in [-0.05, 0) is 53.6 Å². The first-order valence-electron chi connectivity index (χ1n) is 11.3. The lowest BCUT2D eigenvalue weighted by atomic mass is 9.86. The Morgan fingerprint density at radius 3 is 2.42 bits per heavy atom. The molecule has 0 aromatic heterocycles. The van der Waals surface area contributed by atoms with Crippen molar-refractivity contribution in [1.29, 1.82) is 0 Å². The zero-order valence-corrected chi connectivity index (χ0v) is 22.4. The van der Waals surface area contributed by atoms with E-state index in [1.807, 2.05) is 25.7 Å². The van der Waals surface area contributed by atoms with Crippen LogP contribution in [0.4, 0.5) is 17.1 Å². The molecule has 6 heteroatoms. The van der Waals surface area contributed by atoms with Crippen LogP contribution in [0.2, 0.25) is 0 Å². The van der Waals surface area contributed by atoms with Gasteiger partial charge in [0.15, 0.2) is 5.75 Å². The highest BCUT2D eigenvalue weighted by atomic mass is 32.2. The number of benzene rings is 2. The lowest BCUT2D eigenvalue weighted by Gasteiger charge is -2.25. The van der Waals surface area contributed by atoms with Crippen LogP contribution in [0, 0.1) is 6.92 Å². The number of methoxy groups -OCH3 is 1. The Balaban J connectivity index is 2.58. The number of hydrogen-bond donors (Lipinski definition) is 3. The first kappa shape index (κ1) is 26.5. The molecule has 0 unspecified atom stereocenters. The number of allylic oxidation sites excluding steroid dienone is 1. The molecule has 0 saturated carbocycles. The molecule has 0 bridgehead atoms. The lowest BCUT2D eigenvalue weighted by molar-refractivity contribution is 0.418. The summed E-state index contributed by atoms with van der Waals surface area (Å²) in [5, 5.41) is 6.75. The van der Waals surface area contributed by atoms with Gasteiger partial charge in [-0.1, -0.05) is 57.9 Å². The van der Waals surface area contributed by atoms with Crippen molar-refractivity contribution < 1.29 is 4.74 Å². The minimum absolute atomic E-state index is 0.00552. The second kappa shape index (κ2) is 11.9. The number of anilines is 3. The van der Waals surface area contributed by atoms with E-state index in [4.69, 9.17) is 4.74 Å². The van der Waals surface area contributed by atoms with Crippen LogP contribution >= 0.6 is 11.9 Å². The molecule has 33 heavy (non-hydrogen) atoms. The van der Waals surface area contributed by atoms with Crippen LogP contribution in [0.25, 0.3) is 5.70 Å². The van der Waals surface area contributed by atoms with Gasteiger partial charge in [-0.25, -0.2) is 0 Å². The monoisotopic (exact) mass is 468 g/mol. The minimum atomic E-state index is 0.00552. The molecule has 3 N–H and O–H groups in total. The quantitative estimate of drug-likeness (QED) is 0.327. The second-order valence-corrected chi connectivity index (χ2v) is 9.64. The Bertz CT molecular complexity index is 992. The van der Waals surface area contributed by atoms with Gasteiger partial charge in [-0.3, -0.25) is 0 Å². The van der Waals surface area contributed by atoms with E-state index in [-0.39, 0.29) is 5.41 Å². The largest absolute Gasteiger partial charge is 0.492 e. The van der Waals surface area contributed by atoms with Gasteiger partial charge in [-0.15, -0.1) is 0 Å². The summed E-state index contributed by atoms with van der Waals surface area (Å²) in [5.41, 5.74) is 7.73. The number of ether oxygens (including phenoxy) is 1. The Kier molecular flexibility index (Phi) is 9.59. The van der Waals surface area contributed by atoms with Crippen LogP contribution in [-0.4, -0.2) is 27.5 Å². The predicted molar refractivity (Wildman–Crippen MR) is 149 cm³/mol. The number of nitrogens with zero attached hydrogens (tertiary/aromatic N) is 1. The fourth-order valence-electron chi connectivity index (χ4n) is 3.57. The van der Waals surface area contributed by atoms with Crippen LogP contribution in [0.3, 0.4) is 0 Å². The first-order chi connectivity index (χ1) is 15.7. The van der Waals surface area contributed by atoms with Crippen molar-refractivity contribution in [2.75, 3.05) is 42.4 Å². The van der Waals surface area contributed by atoms with Crippen LogP contribution in [0.1, 0.15) is 50.8 Å². The van der Waals surface area contributed by atoms with E-state index in [9.17, 15) is 0 Å². The summed E-state index contributed by atoms with van der Waals surface area (Å²) in [6, 6.07) is 10.9. The smallest absolute Gasteiger partial charge is 0.166 e. The summed E-state index contributed by atoms with van der Waals surface area (Å²) >= 11 is 1.56. The minimum Gasteiger partial charge on any atom is -0.492 e. The van der Waals surface area contributed by atoms with Crippen LogP contribution < -0.4 is 25.0 Å². The van der Waals surface area contributed by atoms with Crippen molar-refractivity contribution in [1.82, 2.24) is 5.32 Å². The Labute approximate surface area is 204 Å². The SMILES string of the molecule is CC/C=C(\Nc1cc(C(C)(C)C)cc(NSC)c1OC)c1ccc(C)c(N(C)/C=C\NC)c1. The molecule has 0 aliphatic carbocycles. The highest BCUT2D eigenvalue weighted by molar-refractivity contribution is 7.99. The van der Waals surface area contributed by atoms with Crippen LogP contribution in [0.15, 0.2) is 48.8 Å². The van der Waals surface area contributed by atoms with E-state index in [1.54, 1.807) is 19.1 Å². The third kappa shape index (κ3) is 6.87. The van der Waals surface area contributed by atoms with Gasteiger partial charge in [-0.2, -0.15) is 0 Å². The summed E-state index contributed by atoms with van der Waals surface area (Å²) in [6.45, 7) is 11.0. The number of rotatable bonds is 10. The van der Waals surface area contributed by atoms with Gasteiger partial charge in [0, 0.05) is 44.1 Å².